The molecule has 3 rings (SSSR count). The number of hydrogen-bond acceptors (Lipinski definition) is 6. The number of carbonyl (C=O) groups is 3. The van der Waals surface area contributed by atoms with Gasteiger partial charge in [0, 0.05) is 13.1 Å². The maximum atomic E-state index is 12.1. The van der Waals surface area contributed by atoms with Crippen molar-refractivity contribution in [3.8, 4) is 0 Å². The van der Waals surface area contributed by atoms with Crippen molar-refractivity contribution in [3.05, 3.63) is 12.7 Å². The Bertz CT molecular complexity index is 530. The van der Waals surface area contributed by atoms with Gasteiger partial charge in [-0.3, -0.25) is 19.3 Å². The van der Waals surface area contributed by atoms with Crippen LogP contribution in [0.2, 0.25) is 0 Å². The highest BCUT2D eigenvalue weighted by atomic mass is 32.2. The van der Waals surface area contributed by atoms with Gasteiger partial charge in [-0.15, -0.1) is 0 Å². The van der Waals surface area contributed by atoms with Gasteiger partial charge in [0.05, 0.1) is 11.8 Å². The van der Waals surface area contributed by atoms with Gasteiger partial charge in [0.2, 0.25) is 11.8 Å². The Morgan fingerprint density at radius 1 is 1.45 bits per heavy atom. The number of rotatable bonds is 3. The molecule has 1 unspecified atom stereocenters. The Kier molecular flexibility index (Phi) is 3.43. The van der Waals surface area contributed by atoms with E-state index in [4.69, 9.17) is 0 Å². The molecule has 0 saturated carbocycles. The van der Waals surface area contributed by atoms with Crippen LogP contribution in [0.25, 0.3) is 0 Å². The molecule has 2 saturated heterocycles. The molecule has 3 amide bonds. The Morgan fingerprint density at radius 2 is 2.30 bits per heavy atom. The van der Waals surface area contributed by atoms with Crippen LogP contribution < -0.4 is 0 Å². The summed E-state index contributed by atoms with van der Waals surface area (Å²) in [6.45, 7) is 1.09. The zero-order chi connectivity index (χ0) is 14.1. The highest BCUT2D eigenvalue weighted by Crippen LogP contribution is 2.26. The second-order valence-corrected chi connectivity index (χ2v) is 5.62. The predicted octanol–water partition coefficient (Wildman–Crippen LogP) is -0.426. The second-order valence-electron chi connectivity index (χ2n) is 4.69. The molecule has 1 aromatic heterocycles. The van der Waals surface area contributed by atoms with E-state index in [9.17, 15) is 14.4 Å². The minimum atomic E-state index is -0.203. The summed E-state index contributed by atoms with van der Waals surface area (Å²) in [6, 6.07) is -0.190. The van der Waals surface area contributed by atoms with Crippen LogP contribution in [0.15, 0.2) is 12.7 Å². The molecule has 0 N–H and O–H groups in total. The Balaban J connectivity index is 1.60. The zero-order valence-electron chi connectivity index (χ0n) is 10.6. The Labute approximate surface area is 119 Å². The van der Waals surface area contributed by atoms with E-state index in [0.717, 1.165) is 11.8 Å². The molecule has 106 valence electrons. The van der Waals surface area contributed by atoms with Crippen LogP contribution in [-0.2, 0) is 16.1 Å². The standard InChI is InChI=1S/C11H13N5O3S/c17-9(4-15-7-12-6-13-15)14-2-1-8(3-14)16-10(18)5-20-11(16)19/h6-8H,1-5H2. The third-order valence-electron chi connectivity index (χ3n) is 3.43. The smallest absolute Gasteiger partial charge is 0.289 e. The van der Waals surface area contributed by atoms with Gasteiger partial charge in [0.15, 0.2) is 0 Å². The van der Waals surface area contributed by atoms with Crippen molar-refractivity contribution < 1.29 is 14.4 Å². The average Bonchev–Trinajstić information content (AvgIpc) is 3.11. The van der Waals surface area contributed by atoms with Gasteiger partial charge >= 0.3 is 0 Å². The van der Waals surface area contributed by atoms with Crippen molar-refractivity contribution in [1.82, 2.24) is 24.6 Å². The minimum Gasteiger partial charge on any atom is -0.339 e. The zero-order valence-corrected chi connectivity index (χ0v) is 11.5. The topological polar surface area (TPSA) is 88.4 Å². The first-order chi connectivity index (χ1) is 9.65. The molecule has 1 atom stereocenters. The van der Waals surface area contributed by atoms with Gasteiger partial charge in [0.1, 0.15) is 19.2 Å². The molecule has 2 fully saturated rings. The van der Waals surface area contributed by atoms with Gasteiger partial charge in [-0.05, 0) is 6.42 Å². The molecule has 8 nitrogen and oxygen atoms in total. The SMILES string of the molecule is O=C(Cn1cncn1)N1CCC(N2C(=O)CSC2=O)C1. The van der Waals surface area contributed by atoms with Crippen molar-refractivity contribution in [1.29, 1.82) is 0 Å². The van der Waals surface area contributed by atoms with E-state index in [2.05, 4.69) is 10.1 Å². The van der Waals surface area contributed by atoms with E-state index in [1.54, 1.807) is 4.90 Å². The number of nitrogens with zero attached hydrogens (tertiary/aromatic N) is 5. The van der Waals surface area contributed by atoms with Gasteiger partial charge < -0.3 is 4.90 Å². The molecule has 3 heterocycles. The van der Waals surface area contributed by atoms with Crippen LogP contribution in [0.4, 0.5) is 4.79 Å². The van der Waals surface area contributed by atoms with Gasteiger partial charge in [-0.1, -0.05) is 11.8 Å². The molecule has 0 aliphatic carbocycles. The van der Waals surface area contributed by atoms with E-state index in [1.807, 2.05) is 0 Å². The fourth-order valence-corrected chi connectivity index (χ4v) is 3.23. The van der Waals surface area contributed by atoms with Crippen LogP contribution in [0.5, 0.6) is 0 Å². The van der Waals surface area contributed by atoms with Crippen molar-refractivity contribution in [2.24, 2.45) is 0 Å². The maximum Gasteiger partial charge on any atom is 0.289 e. The van der Waals surface area contributed by atoms with E-state index >= 15 is 0 Å². The molecule has 2 aliphatic heterocycles. The second kappa shape index (κ2) is 5.23. The number of imide groups is 1. The fourth-order valence-electron chi connectivity index (χ4n) is 2.45. The summed E-state index contributed by atoms with van der Waals surface area (Å²) >= 11 is 1.03. The molecule has 0 bridgehead atoms. The van der Waals surface area contributed by atoms with Gasteiger partial charge in [0.25, 0.3) is 5.24 Å². The number of amides is 3. The lowest BCUT2D eigenvalue weighted by Crippen LogP contribution is -2.42. The van der Waals surface area contributed by atoms with Crippen LogP contribution in [0.1, 0.15) is 6.42 Å². The summed E-state index contributed by atoms with van der Waals surface area (Å²) in [5.74, 6) is -0.0253. The fraction of sp³-hybridized carbons (Fsp3) is 0.545. The molecule has 0 spiro atoms. The first-order valence-electron chi connectivity index (χ1n) is 6.24. The highest BCUT2D eigenvalue weighted by Gasteiger charge is 2.40. The molecule has 2 aliphatic rings. The molecular weight excluding hydrogens is 282 g/mol. The minimum absolute atomic E-state index is 0.0789. The summed E-state index contributed by atoms with van der Waals surface area (Å²) in [5, 5.41) is 3.68. The third-order valence-corrected chi connectivity index (χ3v) is 4.26. The summed E-state index contributed by atoms with van der Waals surface area (Å²) in [4.78, 5) is 42.1. The molecule has 0 radical (unpaired) electrons. The van der Waals surface area contributed by atoms with Crippen molar-refractivity contribution in [2.75, 3.05) is 18.8 Å². The van der Waals surface area contributed by atoms with Crippen LogP contribution in [-0.4, -0.2) is 66.5 Å². The summed E-state index contributed by atoms with van der Waals surface area (Å²) in [5.41, 5.74) is 0. The monoisotopic (exact) mass is 295 g/mol. The molecule has 20 heavy (non-hydrogen) atoms. The predicted molar refractivity (Wildman–Crippen MR) is 69.7 cm³/mol. The molecule has 0 aromatic carbocycles. The van der Waals surface area contributed by atoms with Crippen molar-refractivity contribution in [3.63, 3.8) is 0 Å². The number of hydrogen-bond donors (Lipinski definition) is 0. The highest BCUT2D eigenvalue weighted by molar-refractivity contribution is 8.14. The number of aromatic nitrogens is 3. The molecule has 1 aromatic rings. The molecular formula is C11H13N5O3S. The Morgan fingerprint density at radius 3 is 2.95 bits per heavy atom. The van der Waals surface area contributed by atoms with Gasteiger partial charge in [-0.2, -0.15) is 5.10 Å². The summed E-state index contributed by atoms with van der Waals surface area (Å²) in [6.07, 6.45) is 3.50. The first-order valence-corrected chi connectivity index (χ1v) is 7.22. The third kappa shape index (κ3) is 2.40. The summed E-state index contributed by atoms with van der Waals surface area (Å²) < 4.78 is 1.46. The van der Waals surface area contributed by atoms with Crippen molar-refractivity contribution in [2.45, 2.75) is 19.0 Å². The summed E-state index contributed by atoms with van der Waals surface area (Å²) in [7, 11) is 0. The van der Waals surface area contributed by atoms with Crippen LogP contribution >= 0.6 is 11.8 Å². The van der Waals surface area contributed by atoms with E-state index in [0.29, 0.717) is 19.5 Å². The van der Waals surface area contributed by atoms with Crippen LogP contribution in [0, 0.1) is 0 Å². The normalized spacial score (nSPS) is 22.9. The first kappa shape index (κ1) is 13.1. The maximum absolute atomic E-state index is 12.1. The largest absolute Gasteiger partial charge is 0.339 e. The van der Waals surface area contributed by atoms with E-state index < -0.39 is 0 Å². The van der Waals surface area contributed by atoms with E-state index in [-0.39, 0.29) is 35.4 Å². The number of carbonyl (C=O) groups excluding carboxylic acids is 3. The Hall–Kier alpha value is -1.90. The number of thioether (sulfide) groups is 1. The lowest BCUT2D eigenvalue weighted by atomic mass is 10.2. The average molecular weight is 295 g/mol. The lowest BCUT2D eigenvalue weighted by molar-refractivity contribution is -0.132. The van der Waals surface area contributed by atoms with Crippen molar-refractivity contribution >= 4 is 28.8 Å². The quantitative estimate of drug-likeness (QED) is 0.752. The molecule has 9 heteroatoms. The number of likely N-dealkylation sites (tertiary alicyclic amines) is 1. The van der Waals surface area contributed by atoms with Gasteiger partial charge in [-0.25, -0.2) is 9.67 Å². The van der Waals surface area contributed by atoms with Crippen LogP contribution in [0.3, 0.4) is 0 Å². The van der Waals surface area contributed by atoms with E-state index in [1.165, 1.54) is 22.2 Å². The lowest BCUT2D eigenvalue weighted by Gasteiger charge is -2.21.